The minimum atomic E-state index is -1.29. The number of nitrogens with one attached hydrogen (secondary N) is 2. The first-order valence-corrected chi connectivity index (χ1v) is 7.06. The Morgan fingerprint density at radius 3 is 2.78 bits per heavy atom. The monoisotopic (exact) mass is 324 g/mol. The normalized spacial score (nSPS) is 14.5. The van der Waals surface area contributed by atoms with E-state index in [4.69, 9.17) is 4.74 Å². The van der Waals surface area contributed by atoms with Gasteiger partial charge in [0.05, 0.1) is 0 Å². The Hall–Kier alpha value is -2.39. The molecule has 4 N–H and O–H groups in total. The van der Waals surface area contributed by atoms with E-state index in [1.165, 1.54) is 23.1 Å². The maximum atomic E-state index is 11.6. The zero-order valence-electron chi connectivity index (χ0n) is 13.1. The van der Waals surface area contributed by atoms with Crippen LogP contribution in [0.4, 0.5) is 4.79 Å². The minimum absolute atomic E-state index is 0.202. The second kappa shape index (κ2) is 6.39. The van der Waals surface area contributed by atoms with Gasteiger partial charge in [0, 0.05) is 18.3 Å². The van der Waals surface area contributed by atoms with Gasteiger partial charge in [0.15, 0.2) is 0 Å². The van der Waals surface area contributed by atoms with Crippen molar-refractivity contribution in [2.75, 3.05) is 6.54 Å². The third-order valence-corrected chi connectivity index (χ3v) is 2.99. The van der Waals surface area contributed by atoms with Gasteiger partial charge in [-0.15, -0.1) is 0 Å². The molecule has 0 aliphatic rings. The quantitative estimate of drug-likeness (QED) is 0.624. The fourth-order valence-corrected chi connectivity index (χ4v) is 1.96. The Kier molecular flexibility index (Phi) is 4.71. The van der Waals surface area contributed by atoms with Crippen LogP contribution in [0.3, 0.4) is 0 Å². The number of fused-ring (bicyclic) bond motifs is 1. The summed E-state index contributed by atoms with van der Waals surface area (Å²) in [6.45, 7) is 4.95. The molecule has 0 spiro atoms. The summed E-state index contributed by atoms with van der Waals surface area (Å²) >= 11 is 0. The van der Waals surface area contributed by atoms with Crippen LogP contribution in [-0.4, -0.2) is 49.2 Å². The fraction of sp³-hybridized carbons (Fsp3) is 0.500. The summed E-state index contributed by atoms with van der Waals surface area (Å²) in [4.78, 5) is 25.5. The first-order valence-electron chi connectivity index (χ1n) is 7.06. The topological polar surface area (TPSA) is 129 Å². The molecule has 0 saturated heterocycles. The van der Waals surface area contributed by atoms with Crippen molar-refractivity contribution in [1.29, 1.82) is 0 Å². The molecule has 126 valence electrons. The number of nitrogens with zero attached hydrogens (tertiary/aromatic N) is 2. The number of hydrogen-bond donors (Lipinski definition) is 4. The first-order chi connectivity index (χ1) is 10.7. The van der Waals surface area contributed by atoms with E-state index in [2.05, 4.69) is 15.4 Å². The molecule has 2 atom stereocenters. The van der Waals surface area contributed by atoms with Gasteiger partial charge in [0.2, 0.25) is 0 Å². The van der Waals surface area contributed by atoms with Crippen LogP contribution >= 0.6 is 0 Å². The standard InChI is InChI=1S/C14H20N4O5/c1-14(2,3)23-13(22)15-5-10(19)11(20)8-4-9-12(21)16-7-17-18(9)6-8/h4,6-7,10-11,19-20H,5H2,1-3H3,(H,15,22)(H,16,17,21). The number of carbonyl (C=O) groups excluding carboxylic acids is 1. The summed E-state index contributed by atoms with van der Waals surface area (Å²) in [5, 5.41) is 26.4. The van der Waals surface area contributed by atoms with Crippen LogP contribution in [0.25, 0.3) is 5.52 Å². The summed E-state index contributed by atoms with van der Waals surface area (Å²) < 4.78 is 6.33. The molecule has 0 fully saturated rings. The number of aromatic nitrogens is 3. The molecular weight excluding hydrogens is 304 g/mol. The summed E-state index contributed by atoms with van der Waals surface area (Å²) in [7, 11) is 0. The van der Waals surface area contributed by atoms with Crippen molar-refractivity contribution in [3.8, 4) is 0 Å². The molecule has 0 aliphatic carbocycles. The number of alkyl carbamates (subject to hydrolysis) is 1. The minimum Gasteiger partial charge on any atom is -0.444 e. The predicted molar refractivity (Wildman–Crippen MR) is 81.0 cm³/mol. The average molecular weight is 324 g/mol. The van der Waals surface area contributed by atoms with E-state index >= 15 is 0 Å². The Bertz CT molecular complexity index is 745. The molecular formula is C14H20N4O5. The number of carbonyl (C=O) groups is 1. The van der Waals surface area contributed by atoms with E-state index < -0.39 is 23.9 Å². The lowest BCUT2D eigenvalue weighted by Crippen LogP contribution is -2.38. The smallest absolute Gasteiger partial charge is 0.407 e. The Labute approximate surface area is 131 Å². The van der Waals surface area contributed by atoms with Gasteiger partial charge in [0.1, 0.15) is 29.7 Å². The fourth-order valence-electron chi connectivity index (χ4n) is 1.96. The van der Waals surface area contributed by atoms with Crippen molar-refractivity contribution < 1.29 is 19.7 Å². The van der Waals surface area contributed by atoms with E-state index in [0.717, 1.165) is 0 Å². The van der Waals surface area contributed by atoms with Crippen LogP contribution < -0.4 is 10.9 Å². The molecule has 2 rings (SSSR count). The highest BCUT2D eigenvalue weighted by molar-refractivity contribution is 5.67. The van der Waals surface area contributed by atoms with E-state index in [1.54, 1.807) is 20.8 Å². The number of rotatable bonds is 4. The van der Waals surface area contributed by atoms with Gasteiger partial charge in [-0.3, -0.25) is 4.79 Å². The van der Waals surface area contributed by atoms with Crippen molar-refractivity contribution in [2.24, 2.45) is 0 Å². The second-order valence-electron chi connectivity index (χ2n) is 6.12. The molecule has 9 heteroatoms. The third-order valence-electron chi connectivity index (χ3n) is 2.99. The summed E-state index contributed by atoms with van der Waals surface area (Å²) in [5.74, 6) is 0. The van der Waals surface area contributed by atoms with Crippen LogP contribution in [0.5, 0.6) is 0 Å². The first kappa shape index (κ1) is 17.0. The number of aromatic amines is 1. The maximum Gasteiger partial charge on any atom is 0.407 e. The lowest BCUT2D eigenvalue weighted by molar-refractivity contribution is 0.0130. The number of H-pyrrole nitrogens is 1. The van der Waals surface area contributed by atoms with Gasteiger partial charge in [-0.05, 0) is 26.8 Å². The van der Waals surface area contributed by atoms with Gasteiger partial charge in [-0.25, -0.2) is 9.31 Å². The highest BCUT2D eigenvalue weighted by Gasteiger charge is 2.23. The zero-order valence-corrected chi connectivity index (χ0v) is 13.1. The van der Waals surface area contributed by atoms with Gasteiger partial charge < -0.3 is 25.3 Å². The number of aliphatic hydroxyl groups is 2. The lowest BCUT2D eigenvalue weighted by atomic mass is 10.1. The summed E-state index contributed by atoms with van der Waals surface area (Å²) in [5.41, 5.74) is -0.457. The number of hydrogen-bond acceptors (Lipinski definition) is 6. The maximum absolute atomic E-state index is 11.6. The molecule has 2 aromatic rings. The number of ether oxygens (including phenoxy) is 1. The van der Waals surface area contributed by atoms with Crippen LogP contribution in [-0.2, 0) is 4.74 Å². The average Bonchev–Trinajstić information content (AvgIpc) is 2.87. The lowest BCUT2D eigenvalue weighted by Gasteiger charge is -2.21. The molecule has 0 bridgehead atoms. The molecule has 23 heavy (non-hydrogen) atoms. The van der Waals surface area contributed by atoms with Crippen LogP contribution in [0.2, 0.25) is 0 Å². The molecule has 2 unspecified atom stereocenters. The molecule has 9 nitrogen and oxygen atoms in total. The van der Waals surface area contributed by atoms with Gasteiger partial charge in [0.25, 0.3) is 5.56 Å². The highest BCUT2D eigenvalue weighted by atomic mass is 16.6. The van der Waals surface area contributed by atoms with Crippen LogP contribution in [0.1, 0.15) is 32.4 Å². The second-order valence-corrected chi connectivity index (χ2v) is 6.12. The van der Waals surface area contributed by atoms with E-state index in [9.17, 15) is 19.8 Å². The third kappa shape index (κ3) is 4.30. The molecule has 0 aromatic carbocycles. The van der Waals surface area contributed by atoms with Crippen molar-refractivity contribution in [3.05, 3.63) is 34.5 Å². The molecule has 2 heterocycles. The summed E-state index contributed by atoms with van der Waals surface area (Å²) in [6, 6.07) is 1.42. The van der Waals surface area contributed by atoms with E-state index in [1.807, 2.05) is 0 Å². The zero-order chi connectivity index (χ0) is 17.2. The Morgan fingerprint density at radius 2 is 2.17 bits per heavy atom. The molecule has 2 aromatic heterocycles. The van der Waals surface area contributed by atoms with Crippen LogP contribution in [0.15, 0.2) is 23.4 Å². The van der Waals surface area contributed by atoms with Crippen molar-refractivity contribution in [3.63, 3.8) is 0 Å². The molecule has 0 aliphatic heterocycles. The SMILES string of the molecule is CC(C)(C)OC(=O)NCC(O)C(O)c1cc2c(=O)[nH]cnn2c1. The Morgan fingerprint density at radius 1 is 1.48 bits per heavy atom. The van der Waals surface area contributed by atoms with Crippen molar-refractivity contribution in [1.82, 2.24) is 19.9 Å². The molecule has 0 saturated carbocycles. The van der Waals surface area contributed by atoms with Crippen molar-refractivity contribution in [2.45, 2.75) is 38.6 Å². The van der Waals surface area contributed by atoms with Gasteiger partial charge >= 0.3 is 6.09 Å². The largest absolute Gasteiger partial charge is 0.444 e. The number of aliphatic hydroxyl groups excluding tert-OH is 2. The number of amides is 1. The molecule has 1 amide bonds. The van der Waals surface area contributed by atoms with Gasteiger partial charge in [-0.2, -0.15) is 5.10 Å². The van der Waals surface area contributed by atoms with Gasteiger partial charge in [-0.1, -0.05) is 0 Å². The predicted octanol–water partition coefficient (Wildman–Crippen LogP) is -0.0584. The highest BCUT2D eigenvalue weighted by Crippen LogP contribution is 2.18. The van der Waals surface area contributed by atoms with Crippen LogP contribution in [0, 0.1) is 0 Å². The summed E-state index contributed by atoms with van der Waals surface area (Å²) in [6.07, 6.45) is -0.577. The van der Waals surface area contributed by atoms with Crippen molar-refractivity contribution >= 4 is 11.6 Å². The van der Waals surface area contributed by atoms with E-state index in [0.29, 0.717) is 5.56 Å². The van der Waals surface area contributed by atoms with E-state index in [-0.39, 0.29) is 17.6 Å². The molecule has 0 radical (unpaired) electrons. The Balaban J connectivity index is 2.01.